The van der Waals surface area contributed by atoms with Gasteiger partial charge in [0.2, 0.25) is 5.91 Å². The number of benzene rings is 2. The Bertz CT molecular complexity index is 1130. The van der Waals surface area contributed by atoms with Gasteiger partial charge in [0.25, 0.3) is 5.91 Å². The van der Waals surface area contributed by atoms with Crippen molar-refractivity contribution in [2.45, 2.75) is 12.8 Å². The lowest BCUT2D eigenvalue weighted by Crippen LogP contribution is -2.47. The molecule has 1 aromatic heterocycles. The fourth-order valence-corrected chi connectivity index (χ4v) is 5.20. The van der Waals surface area contributed by atoms with E-state index in [4.69, 9.17) is 5.73 Å². The molecule has 0 unspecified atom stereocenters. The molecule has 2 aromatic carbocycles. The van der Waals surface area contributed by atoms with Crippen molar-refractivity contribution in [2.24, 2.45) is 5.73 Å². The van der Waals surface area contributed by atoms with Crippen molar-refractivity contribution in [3.05, 3.63) is 58.5 Å². The van der Waals surface area contributed by atoms with Crippen LogP contribution in [0.4, 0.5) is 11.4 Å². The lowest BCUT2D eigenvalue weighted by molar-refractivity contribution is -0.115. The Morgan fingerprint density at radius 1 is 1.07 bits per heavy atom. The Morgan fingerprint density at radius 3 is 2.70 bits per heavy atom. The summed E-state index contributed by atoms with van der Waals surface area (Å²) >= 11 is 1.45. The Labute approximate surface area is 179 Å². The second-order valence-corrected chi connectivity index (χ2v) is 9.08. The van der Waals surface area contributed by atoms with E-state index in [1.165, 1.54) is 22.6 Å². The van der Waals surface area contributed by atoms with Crippen LogP contribution in [-0.2, 0) is 17.6 Å². The summed E-state index contributed by atoms with van der Waals surface area (Å²) in [4.78, 5) is 28.5. The number of nitrogens with one attached hydrogen (secondary N) is 1. The topological polar surface area (TPSA) is 78.7 Å². The summed E-state index contributed by atoms with van der Waals surface area (Å²) in [7, 11) is 0. The summed E-state index contributed by atoms with van der Waals surface area (Å²) in [5, 5.41) is 3.97. The van der Waals surface area contributed by atoms with Gasteiger partial charge >= 0.3 is 0 Å². The van der Waals surface area contributed by atoms with Gasteiger partial charge < -0.3 is 16.0 Å². The summed E-state index contributed by atoms with van der Waals surface area (Å²) in [6.07, 6.45) is 1.50. The van der Waals surface area contributed by atoms with Crippen LogP contribution >= 0.6 is 11.3 Å². The SMILES string of the molecule is NC(=O)c1cc2cc(N3CCN(CCc4ccc5c(c4)CC(=O)N5)CC3)ccc2s1. The van der Waals surface area contributed by atoms with Crippen molar-refractivity contribution in [2.75, 3.05) is 42.9 Å². The van der Waals surface area contributed by atoms with Gasteiger partial charge in [-0.05, 0) is 53.3 Å². The van der Waals surface area contributed by atoms with Crippen LogP contribution in [0.5, 0.6) is 0 Å². The maximum Gasteiger partial charge on any atom is 0.258 e. The number of carbonyl (C=O) groups excluding carboxylic acids is 2. The Hall–Kier alpha value is -2.90. The highest BCUT2D eigenvalue weighted by Crippen LogP contribution is 2.30. The highest BCUT2D eigenvalue weighted by Gasteiger charge is 2.20. The first-order valence-corrected chi connectivity index (χ1v) is 11.1. The van der Waals surface area contributed by atoms with Gasteiger partial charge in [0.05, 0.1) is 11.3 Å². The second-order valence-electron chi connectivity index (χ2n) is 7.99. The minimum atomic E-state index is -0.363. The molecule has 5 rings (SSSR count). The molecule has 6 nitrogen and oxygen atoms in total. The van der Waals surface area contributed by atoms with Crippen LogP contribution in [-0.4, -0.2) is 49.4 Å². The zero-order valence-electron chi connectivity index (χ0n) is 16.7. The summed E-state index contributed by atoms with van der Waals surface area (Å²) in [5.41, 5.74) is 9.98. The molecule has 2 amide bonds. The van der Waals surface area contributed by atoms with Crippen molar-refractivity contribution in [3.63, 3.8) is 0 Å². The molecule has 2 aliphatic rings. The van der Waals surface area contributed by atoms with E-state index in [1.54, 1.807) is 0 Å². The lowest BCUT2D eigenvalue weighted by atomic mass is 10.1. The largest absolute Gasteiger partial charge is 0.369 e. The number of amides is 2. The standard InChI is InChI=1S/C23H24N4O2S/c24-23(29)21-13-17-12-18(2-4-20(17)30-21)27-9-7-26(8-10-27)6-5-15-1-3-19-16(11-15)14-22(28)25-19/h1-4,11-13H,5-10,14H2,(H2,24,29)(H,25,28). The maximum atomic E-state index is 11.5. The first-order valence-electron chi connectivity index (χ1n) is 10.3. The predicted octanol–water partition coefficient (Wildman–Crippen LogP) is 2.86. The van der Waals surface area contributed by atoms with Crippen molar-refractivity contribution in [1.82, 2.24) is 4.90 Å². The summed E-state index contributed by atoms with van der Waals surface area (Å²) < 4.78 is 1.09. The molecule has 0 spiro atoms. The minimum absolute atomic E-state index is 0.0877. The minimum Gasteiger partial charge on any atom is -0.369 e. The molecule has 7 heteroatoms. The third-order valence-electron chi connectivity index (χ3n) is 5.99. The number of carbonyl (C=O) groups is 2. The normalized spacial score (nSPS) is 16.7. The number of rotatable bonds is 5. The summed E-state index contributed by atoms with van der Waals surface area (Å²) in [6, 6.07) is 14.6. The average molecular weight is 421 g/mol. The zero-order chi connectivity index (χ0) is 20.7. The molecule has 0 atom stereocenters. The molecule has 1 fully saturated rings. The molecule has 154 valence electrons. The van der Waals surface area contributed by atoms with Crippen LogP contribution in [0, 0.1) is 0 Å². The second kappa shape index (κ2) is 7.74. The summed E-state index contributed by atoms with van der Waals surface area (Å²) in [6.45, 7) is 5.06. The molecular formula is C23H24N4O2S. The molecule has 30 heavy (non-hydrogen) atoms. The molecule has 1 saturated heterocycles. The zero-order valence-corrected chi connectivity index (χ0v) is 17.5. The first-order chi connectivity index (χ1) is 14.5. The Kier molecular flexibility index (Phi) is 4.92. The first kappa shape index (κ1) is 19.1. The van der Waals surface area contributed by atoms with Crippen LogP contribution in [0.3, 0.4) is 0 Å². The fourth-order valence-electron chi connectivity index (χ4n) is 4.30. The number of hydrogen-bond acceptors (Lipinski definition) is 5. The summed E-state index contributed by atoms with van der Waals surface area (Å²) in [5.74, 6) is -0.276. The van der Waals surface area contributed by atoms with Crippen LogP contribution < -0.4 is 16.0 Å². The monoisotopic (exact) mass is 420 g/mol. The van der Waals surface area contributed by atoms with E-state index in [1.807, 2.05) is 12.1 Å². The molecule has 3 N–H and O–H groups in total. The van der Waals surface area contributed by atoms with E-state index in [0.717, 1.165) is 60.5 Å². The third-order valence-corrected chi connectivity index (χ3v) is 7.12. The highest BCUT2D eigenvalue weighted by atomic mass is 32.1. The third kappa shape index (κ3) is 3.78. The number of nitrogens with two attached hydrogens (primary N) is 1. The van der Waals surface area contributed by atoms with E-state index in [0.29, 0.717) is 11.3 Å². The van der Waals surface area contributed by atoms with Crippen LogP contribution in [0.2, 0.25) is 0 Å². The van der Waals surface area contributed by atoms with Gasteiger partial charge in [-0.1, -0.05) is 12.1 Å². The number of hydrogen-bond donors (Lipinski definition) is 2. The van der Waals surface area contributed by atoms with Crippen molar-refractivity contribution in [3.8, 4) is 0 Å². The number of primary amides is 1. The number of thiophene rings is 1. The van der Waals surface area contributed by atoms with Gasteiger partial charge in [0.1, 0.15) is 0 Å². The molecule has 2 aliphatic heterocycles. The van der Waals surface area contributed by atoms with Gasteiger partial charge in [-0.3, -0.25) is 14.5 Å². The van der Waals surface area contributed by atoms with Gasteiger partial charge in [-0.25, -0.2) is 0 Å². The molecule has 0 radical (unpaired) electrons. The average Bonchev–Trinajstić information content (AvgIpc) is 3.34. The Morgan fingerprint density at radius 2 is 1.90 bits per heavy atom. The van der Waals surface area contributed by atoms with Gasteiger partial charge in [-0.2, -0.15) is 0 Å². The Balaban J connectivity index is 1.17. The van der Waals surface area contributed by atoms with Crippen molar-refractivity contribution >= 4 is 44.6 Å². The molecule has 3 heterocycles. The number of fused-ring (bicyclic) bond motifs is 2. The molecule has 0 saturated carbocycles. The smallest absolute Gasteiger partial charge is 0.258 e. The van der Waals surface area contributed by atoms with E-state index in [-0.39, 0.29) is 11.8 Å². The van der Waals surface area contributed by atoms with E-state index in [2.05, 4.69) is 45.4 Å². The molecule has 0 bridgehead atoms. The van der Waals surface area contributed by atoms with E-state index >= 15 is 0 Å². The van der Waals surface area contributed by atoms with Crippen LogP contribution in [0.15, 0.2) is 42.5 Å². The maximum absolute atomic E-state index is 11.5. The molecular weight excluding hydrogens is 396 g/mol. The van der Waals surface area contributed by atoms with Crippen LogP contribution in [0.1, 0.15) is 20.8 Å². The van der Waals surface area contributed by atoms with Gasteiger partial charge in [-0.15, -0.1) is 11.3 Å². The molecule has 3 aromatic rings. The molecule has 0 aliphatic carbocycles. The van der Waals surface area contributed by atoms with Crippen LogP contribution in [0.25, 0.3) is 10.1 Å². The van der Waals surface area contributed by atoms with E-state index in [9.17, 15) is 9.59 Å². The van der Waals surface area contributed by atoms with Crippen molar-refractivity contribution in [1.29, 1.82) is 0 Å². The predicted molar refractivity (Wildman–Crippen MR) is 121 cm³/mol. The lowest BCUT2D eigenvalue weighted by Gasteiger charge is -2.36. The van der Waals surface area contributed by atoms with Crippen molar-refractivity contribution < 1.29 is 9.59 Å². The highest BCUT2D eigenvalue weighted by molar-refractivity contribution is 7.20. The number of piperazine rings is 1. The quantitative estimate of drug-likeness (QED) is 0.665. The van der Waals surface area contributed by atoms with Gasteiger partial charge in [0, 0.05) is 48.8 Å². The number of anilines is 2. The fraction of sp³-hybridized carbons (Fsp3) is 0.304. The van der Waals surface area contributed by atoms with E-state index < -0.39 is 0 Å². The van der Waals surface area contributed by atoms with Gasteiger partial charge in [0.15, 0.2) is 0 Å². The number of nitrogens with zero attached hydrogens (tertiary/aromatic N) is 2.